The fourth-order valence-electron chi connectivity index (χ4n) is 3.45. The SMILES string of the molecule is Cc1cc(/C=C2\SC(=S)N(c3cccc(C(=O)O)c3)C2=O)c(C)n1C1CC1. The Labute approximate surface area is 166 Å². The van der Waals surface area contributed by atoms with Crippen LogP contribution in [0.25, 0.3) is 6.08 Å². The second kappa shape index (κ2) is 6.65. The fourth-order valence-corrected chi connectivity index (χ4v) is 4.74. The Morgan fingerprint density at radius 1 is 1.30 bits per heavy atom. The van der Waals surface area contributed by atoms with Crippen LogP contribution in [0, 0.1) is 13.8 Å². The summed E-state index contributed by atoms with van der Waals surface area (Å²) in [4.78, 5) is 26.1. The van der Waals surface area contributed by atoms with Crippen LogP contribution in [-0.2, 0) is 4.79 Å². The minimum absolute atomic E-state index is 0.124. The second-order valence-electron chi connectivity index (χ2n) is 6.80. The van der Waals surface area contributed by atoms with Gasteiger partial charge in [0, 0.05) is 17.4 Å². The molecule has 0 radical (unpaired) electrons. The predicted molar refractivity (Wildman–Crippen MR) is 111 cm³/mol. The normalized spacial score (nSPS) is 18.6. The van der Waals surface area contributed by atoms with Crippen molar-refractivity contribution in [2.75, 3.05) is 4.90 Å². The molecule has 1 amide bonds. The molecule has 0 bridgehead atoms. The Balaban J connectivity index is 1.67. The molecule has 1 N–H and O–H groups in total. The van der Waals surface area contributed by atoms with Crippen molar-refractivity contribution in [2.24, 2.45) is 0 Å². The van der Waals surface area contributed by atoms with E-state index in [0.29, 0.717) is 21.0 Å². The summed E-state index contributed by atoms with van der Waals surface area (Å²) in [7, 11) is 0. The predicted octanol–water partition coefficient (Wildman–Crippen LogP) is 4.54. The Kier molecular flexibility index (Phi) is 4.44. The van der Waals surface area contributed by atoms with Crippen LogP contribution in [0.4, 0.5) is 5.69 Å². The molecule has 1 aromatic carbocycles. The van der Waals surface area contributed by atoms with Gasteiger partial charge in [-0.3, -0.25) is 9.69 Å². The van der Waals surface area contributed by atoms with Crippen LogP contribution in [0.1, 0.15) is 46.2 Å². The van der Waals surface area contributed by atoms with Gasteiger partial charge < -0.3 is 9.67 Å². The highest BCUT2D eigenvalue weighted by Crippen LogP contribution is 2.40. The first-order valence-electron chi connectivity index (χ1n) is 8.66. The monoisotopic (exact) mass is 398 g/mol. The van der Waals surface area contributed by atoms with Gasteiger partial charge in [-0.25, -0.2) is 4.79 Å². The van der Waals surface area contributed by atoms with Crippen molar-refractivity contribution in [1.82, 2.24) is 4.57 Å². The Bertz CT molecular complexity index is 1020. The lowest BCUT2D eigenvalue weighted by Gasteiger charge is -2.14. The lowest BCUT2D eigenvalue weighted by atomic mass is 10.2. The van der Waals surface area contributed by atoms with Crippen molar-refractivity contribution >= 4 is 51.9 Å². The maximum absolute atomic E-state index is 12.9. The van der Waals surface area contributed by atoms with Crippen molar-refractivity contribution in [3.63, 3.8) is 0 Å². The molecule has 0 atom stereocenters. The number of amides is 1. The Hall–Kier alpha value is -2.38. The molecule has 0 spiro atoms. The van der Waals surface area contributed by atoms with Gasteiger partial charge >= 0.3 is 5.97 Å². The minimum Gasteiger partial charge on any atom is -0.478 e. The van der Waals surface area contributed by atoms with Crippen molar-refractivity contribution in [3.8, 4) is 0 Å². The van der Waals surface area contributed by atoms with E-state index in [1.807, 2.05) is 6.08 Å². The zero-order valence-electron chi connectivity index (χ0n) is 14.9. The number of carbonyl (C=O) groups excluding carboxylic acids is 1. The molecule has 2 heterocycles. The summed E-state index contributed by atoms with van der Waals surface area (Å²) in [5, 5.41) is 9.18. The molecule has 1 aliphatic heterocycles. The number of hydrogen-bond donors (Lipinski definition) is 1. The third-order valence-electron chi connectivity index (χ3n) is 4.87. The molecule has 1 aliphatic carbocycles. The summed E-state index contributed by atoms with van der Waals surface area (Å²) in [6.07, 6.45) is 4.30. The summed E-state index contributed by atoms with van der Waals surface area (Å²) < 4.78 is 2.74. The van der Waals surface area contributed by atoms with Gasteiger partial charge in [0.1, 0.15) is 0 Å². The number of carboxylic acids is 1. The third kappa shape index (κ3) is 3.21. The molecule has 138 valence electrons. The van der Waals surface area contributed by atoms with Crippen molar-refractivity contribution < 1.29 is 14.7 Å². The van der Waals surface area contributed by atoms with Crippen LogP contribution in [0.15, 0.2) is 35.2 Å². The lowest BCUT2D eigenvalue weighted by molar-refractivity contribution is -0.113. The molecular weight excluding hydrogens is 380 g/mol. The molecule has 1 aromatic heterocycles. The van der Waals surface area contributed by atoms with E-state index in [-0.39, 0.29) is 11.5 Å². The molecule has 5 nitrogen and oxygen atoms in total. The summed E-state index contributed by atoms with van der Waals surface area (Å²) in [5.41, 5.74) is 3.99. The average Bonchev–Trinajstić information content (AvgIpc) is 3.35. The van der Waals surface area contributed by atoms with Crippen molar-refractivity contribution in [1.29, 1.82) is 0 Å². The van der Waals surface area contributed by atoms with E-state index >= 15 is 0 Å². The van der Waals surface area contributed by atoms with E-state index in [2.05, 4.69) is 24.5 Å². The number of carbonyl (C=O) groups is 2. The smallest absolute Gasteiger partial charge is 0.335 e. The number of rotatable bonds is 4. The van der Waals surface area contributed by atoms with Gasteiger partial charge in [0.15, 0.2) is 4.32 Å². The lowest BCUT2D eigenvalue weighted by Crippen LogP contribution is -2.27. The second-order valence-corrected chi connectivity index (χ2v) is 8.48. The molecule has 4 rings (SSSR count). The van der Waals surface area contributed by atoms with E-state index < -0.39 is 5.97 Å². The molecule has 27 heavy (non-hydrogen) atoms. The fraction of sp³-hybridized carbons (Fsp3) is 0.250. The maximum atomic E-state index is 12.9. The van der Waals surface area contributed by atoms with Gasteiger partial charge in [-0.15, -0.1) is 0 Å². The van der Waals surface area contributed by atoms with Gasteiger partial charge in [-0.05, 0) is 62.6 Å². The van der Waals surface area contributed by atoms with Crippen LogP contribution >= 0.6 is 24.0 Å². The molecule has 7 heteroatoms. The first kappa shape index (κ1) is 18.0. The van der Waals surface area contributed by atoms with E-state index in [1.54, 1.807) is 12.1 Å². The van der Waals surface area contributed by atoms with Gasteiger partial charge in [-0.2, -0.15) is 0 Å². The molecule has 1 saturated carbocycles. The number of thiocarbonyl (C=S) groups is 1. The number of benzene rings is 1. The van der Waals surface area contributed by atoms with Crippen LogP contribution in [0.5, 0.6) is 0 Å². The summed E-state index contributed by atoms with van der Waals surface area (Å²) >= 11 is 6.64. The zero-order chi connectivity index (χ0) is 19.3. The summed E-state index contributed by atoms with van der Waals surface area (Å²) in [6, 6.07) is 8.95. The molecule has 2 fully saturated rings. The first-order chi connectivity index (χ1) is 12.9. The molecule has 2 aromatic rings. The Morgan fingerprint density at radius 2 is 2.04 bits per heavy atom. The summed E-state index contributed by atoms with van der Waals surface area (Å²) in [5.74, 6) is -1.26. The van der Waals surface area contributed by atoms with Gasteiger partial charge in [0.25, 0.3) is 5.91 Å². The maximum Gasteiger partial charge on any atom is 0.335 e. The quantitative estimate of drug-likeness (QED) is 0.605. The van der Waals surface area contributed by atoms with E-state index in [4.69, 9.17) is 12.2 Å². The molecular formula is C20H18N2O3S2. The number of thioether (sulfide) groups is 1. The zero-order valence-corrected chi connectivity index (χ0v) is 16.6. The number of nitrogens with zero attached hydrogens (tertiary/aromatic N) is 2. The van der Waals surface area contributed by atoms with E-state index in [0.717, 1.165) is 11.3 Å². The highest BCUT2D eigenvalue weighted by Gasteiger charge is 2.34. The van der Waals surface area contributed by atoms with Gasteiger partial charge in [0.2, 0.25) is 0 Å². The summed E-state index contributed by atoms with van der Waals surface area (Å²) in [6.45, 7) is 4.17. The average molecular weight is 399 g/mol. The molecule has 1 saturated heterocycles. The van der Waals surface area contributed by atoms with Gasteiger partial charge in [0.05, 0.1) is 16.2 Å². The number of carboxylic acid groups (broad SMARTS) is 1. The Morgan fingerprint density at radius 3 is 2.70 bits per heavy atom. The number of aromatic carboxylic acids is 1. The minimum atomic E-state index is -1.04. The standard InChI is InChI=1S/C20H18N2O3S2/c1-11-8-14(12(2)21(11)15-6-7-15)10-17-18(23)22(20(26)27-17)16-5-3-4-13(9-16)19(24)25/h3-5,8-10,15H,6-7H2,1-2H3,(H,24,25)/b17-10-. The largest absolute Gasteiger partial charge is 0.478 e. The first-order valence-corrected chi connectivity index (χ1v) is 9.89. The van der Waals surface area contributed by atoms with Crippen LogP contribution < -0.4 is 4.90 Å². The topological polar surface area (TPSA) is 62.5 Å². The van der Waals surface area contributed by atoms with E-state index in [9.17, 15) is 14.7 Å². The van der Waals surface area contributed by atoms with Crippen LogP contribution in [0.2, 0.25) is 0 Å². The van der Waals surface area contributed by atoms with Gasteiger partial charge in [-0.1, -0.05) is 30.0 Å². The van der Waals surface area contributed by atoms with E-state index in [1.165, 1.54) is 47.3 Å². The van der Waals surface area contributed by atoms with Crippen LogP contribution in [0.3, 0.4) is 0 Å². The molecule has 0 unspecified atom stereocenters. The molecule has 2 aliphatic rings. The van der Waals surface area contributed by atoms with Crippen LogP contribution in [-0.4, -0.2) is 25.9 Å². The highest BCUT2D eigenvalue weighted by molar-refractivity contribution is 8.27. The van der Waals surface area contributed by atoms with Crippen molar-refractivity contribution in [3.05, 3.63) is 57.8 Å². The number of hydrogen-bond acceptors (Lipinski definition) is 4. The number of anilines is 1. The number of aromatic nitrogens is 1. The highest BCUT2D eigenvalue weighted by atomic mass is 32.2. The van der Waals surface area contributed by atoms with Crippen molar-refractivity contribution in [2.45, 2.75) is 32.7 Å². The number of aryl methyl sites for hydroxylation is 1. The third-order valence-corrected chi connectivity index (χ3v) is 6.17.